The molecule has 0 aromatic carbocycles. The smallest absolute Gasteiger partial charge is 0.0615 e. The molecule has 2 aliphatic heterocycles. The van der Waals surface area contributed by atoms with Gasteiger partial charge in [0.15, 0.2) is 0 Å². The summed E-state index contributed by atoms with van der Waals surface area (Å²) in [6.07, 6.45) is 8.35. The van der Waals surface area contributed by atoms with Crippen molar-refractivity contribution in [3.63, 3.8) is 0 Å². The Bertz CT molecular complexity index is 164. The number of rotatable bonds is 2. The van der Waals surface area contributed by atoms with Gasteiger partial charge in [-0.15, -0.1) is 0 Å². The summed E-state index contributed by atoms with van der Waals surface area (Å²) in [5.74, 6) is 0. The highest BCUT2D eigenvalue weighted by atomic mass is 31.2. The maximum atomic E-state index is 9.54. The number of fused-ring (bicyclic) bond motifs is 2. The maximum absolute atomic E-state index is 9.54. The molecule has 0 aliphatic carbocycles. The van der Waals surface area contributed by atoms with Crippen molar-refractivity contribution in [3.8, 4) is 0 Å². The van der Waals surface area contributed by atoms with E-state index in [1.807, 2.05) is 0 Å². The minimum Gasteiger partial charge on any atom is -0.392 e. The Morgan fingerprint density at radius 2 is 1.31 bits per heavy atom. The van der Waals surface area contributed by atoms with E-state index in [2.05, 4.69) is 0 Å². The summed E-state index contributed by atoms with van der Waals surface area (Å²) in [6, 6.07) is 0. The van der Waals surface area contributed by atoms with Crippen molar-refractivity contribution in [2.45, 2.75) is 49.8 Å². The lowest BCUT2D eigenvalue weighted by Gasteiger charge is -2.38. The molecule has 1 radical (unpaired) electrons. The fourth-order valence-corrected chi connectivity index (χ4v) is 7.60. The Morgan fingerprint density at radius 1 is 0.846 bits per heavy atom. The van der Waals surface area contributed by atoms with Crippen LogP contribution >= 0.6 is 7.26 Å². The standard InChI is InChI=1S/C10H20O2P/c11-7-13(8-12)9-3-1-2-4-10(13)6-5-9/h9-12H,1-8H2. The molecule has 2 nitrogen and oxygen atoms in total. The fraction of sp³-hybridized carbons (Fsp3) is 1.00. The highest BCUT2D eigenvalue weighted by molar-refractivity contribution is 7.77. The summed E-state index contributed by atoms with van der Waals surface area (Å²) in [5, 5.41) is 19.1. The molecular formula is C10H20O2P. The zero-order valence-corrected chi connectivity index (χ0v) is 9.05. The Balaban J connectivity index is 2.23. The van der Waals surface area contributed by atoms with Crippen molar-refractivity contribution >= 4 is 7.26 Å². The van der Waals surface area contributed by atoms with Crippen molar-refractivity contribution in [1.29, 1.82) is 0 Å². The zero-order valence-electron chi connectivity index (χ0n) is 8.15. The first kappa shape index (κ1) is 9.89. The average molecular weight is 203 g/mol. The van der Waals surface area contributed by atoms with Crippen molar-refractivity contribution in [1.82, 2.24) is 0 Å². The Kier molecular flexibility index (Phi) is 2.92. The minimum absolute atomic E-state index is 0.304. The van der Waals surface area contributed by atoms with Gasteiger partial charge in [-0.05, 0) is 37.0 Å². The minimum atomic E-state index is -1.36. The summed E-state index contributed by atoms with van der Waals surface area (Å²) in [5.41, 5.74) is 1.41. The van der Waals surface area contributed by atoms with Crippen LogP contribution in [0.2, 0.25) is 0 Å². The van der Waals surface area contributed by atoms with Gasteiger partial charge in [-0.1, -0.05) is 20.1 Å². The van der Waals surface area contributed by atoms with Gasteiger partial charge in [0.1, 0.15) is 0 Å². The van der Waals surface area contributed by atoms with E-state index >= 15 is 0 Å². The molecule has 2 bridgehead atoms. The van der Waals surface area contributed by atoms with Gasteiger partial charge in [-0.2, -0.15) is 0 Å². The normalized spacial score (nSPS) is 37.4. The third-order valence-electron chi connectivity index (χ3n) is 4.14. The zero-order chi connectivity index (χ0) is 9.31. The average Bonchev–Trinajstić information content (AvgIpc) is 2.36. The third-order valence-corrected chi connectivity index (χ3v) is 9.13. The molecule has 0 spiro atoms. The van der Waals surface area contributed by atoms with E-state index in [-0.39, 0.29) is 0 Å². The Morgan fingerprint density at radius 3 is 1.69 bits per heavy atom. The summed E-state index contributed by atoms with van der Waals surface area (Å²) in [7, 11) is -1.36. The second-order valence-electron chi connectivity index (χ2n) is 4.56. The van der Waals surface area contributed by atoms with Crippen LogP contribution in [0.3, 0.4) is 0 Å². The van der Waals surface area contributed by atoms with Gasteiger partial charge >= 0.3 is 0 Å². The second-order valence-corrected chi connectivity index (χ2v) is 8.79. The second kappa shape index (κ2) is 3.84. The highest BCUT2D eigenvalue weighted by Crippen LogP contribution is 2.74. The van der Waals surface area contributed by atoms with Gasteiger partial charge in [-0.25, -0.2) is 0 Å². The van der Waals surface area contributed by atoms with Crippen LogP contribution in [-0.2, 0) is 0 Å². The summed E-state index contributed by atoms with van der Waals surface area (Å²) in [4.78, 5) is 0. The first-order valence-electron chi connectivity index (χ1n) is 5.41. The van der Waals surface area contributed by atoms with Gasteiger partial charge in [-0.3, -0.25) is 0 Å². The third kappa shape index (κ3) is 1.44. The molecule has 2 unspecified atom stereocenters. The molecule has 2 fully saturated rings. The molecule has 13 heavy (non-hydrogen) atoms. The Labute approximate surface area is 80.7 Å². The maximum Gasteiger partial charge on any atom is 0.0615 e. The monoisotopic (exact) mass is 203 g/mol. The molecule has 0 saturated carbocycles. The summed E-state index contributed by atoms with van der Waals surface area (Å²) < 4.78 is 0. The largest absolute Gasteiger partial charge is 0.392 e. The van der Waals surface area contributed by atoms with Crippen LogP contribution in [-0.4, -0.2) is 34.2 Å². The van der Waals surface area contributed by atoms with Crippen LogP contribution in [0.5, 0.6) is 0 Å². The van der Waals surface area contributed by atoms with E-state index < -0.39 is 7.26 Å². The number of hydrogen-bond acceptors (Lipinski definition) is 2. The predicted octanol–water partition coefficient (Wildman–Crippen LogP) is 2.01. The van der Waals surface area contributed by atoms with Crippen molar-refractivity contribution < 1.29 is 10.2 Å². The van der Waals surface area contributed by atoms with Gasteiger partial charge in [0.25, 0.3) is 0 Å². The Hall–Kier alpha value is 0.350. The molecule has 2 atom stereocenters. The predicted molar refractivity (Wildman–Crippen MR) is 56.4 cm³/mol. The van der Waals surface area contributed by atoms with Crippen molar-refractivity contribution in [2.24, 2.45) is 0 Å². The van der Waals surface area contributed by atoms with E-state index in [0.717, 1.165) is 0 Å². The van der Waals surface area contributed by atoms with E-state index in [1.165, 1.54) is 38.5 Å². The lowest BCUT2D eigenvalue weighted by Crippen LogP contribution is -2.19. The molecule has 2 heterocycles. The number of aliphatic hydroxyl groups excluding tert-OH is 2. The van der Waals surface area contributed by atoms with Crippen molar-refractivity contribution in [2.75, 3.05) is 12.7 Å². The van der Waals surface area contributed by atoms with Crippen LogP contribution in [0.15, 0.2) is 0 Å². The highest BCUT2D eigenvalue weighted by Gasteiger charge is 2.47. The van der Waals surface area contributed by atoms with Gasteiger partial charge in [0.05, 0.1) is 12.7 Å². The molecule has 3 heteroatoms. The fourth-order valence-electron chi connectivity index (χ4n) is 3.27. The van der Waals surface area contributed by atoms with Gasteiger partial charge in [0.2, 0.25) is 0 Å². The van der Waals surface area contributed by atoms with E-state index in [1.54, 1.807) is 0 Å². The van der Waals surface area contributed by atoms with E-state index in [0.29, 0.717) is 24.0 Å². The van der Waals surface area contributed by atoms with Gasteiger partial charge in [0, 0.05) is 0 Å². The number of aliphatic hydroxyl groups is 2. The first-order chi connectivity index (χ1) is 6.33. The molecule has 77 valence electrons. The molecule has 2 N–H and O–H groups in total. The first-order valence-corrected chi connectivity index (χ1v) is 7.71. The van der Waals surface area contributed by atoms with E-state index in [9.17, 15) is 10.2 Å². The molecule has 0 aromatic rings. The lowest BCUT2D eigenvalue weighted by molar-refractivity contribution is 0.334. The van der Waals surface area contributed by atoms with E-state index in [4.69, 9.17) is 0 Å². The molecular weight excluding hydrogens is 183 g/mol. The van der Waals surface area contributed by atoms with Crippen LogP contribution in [0.25, 0.3) is 0 Å². The van der Waals surface area contributed by atoms with Crippen molar-refractivity contribution in [3.05, 3.63) is 0 Å². The van der Waals surface area contributed by atoms with Crippen LogP contribution in [0.4, 0.5) is 0 Å². The molecule has 2 aliphatic rings. The lowest BCUT2D eigenvalue weighted by atomic mass is 10.0. The molecule has 0 amide bonds. The molecule has 0 aromatic heterocycles. The van der Waals surface area contributed by atoms with Crippen LogP contribution < -0.4 is 0 Å². The van der Waals surface area contributed by atoms with Crippen LogP contribution in [0, 0.1) is 0 Å². The topological polar surface area (TPSA) is 40.5 Å². The van der Waals surface area contributed by atoms with Gasteiger partial charge < -0.3 is 10.2 Å². The quantitative estimate of drug-likeness (QED) is 0.674. The molecule has 2 saturated heterocycles. The summed E-state index contributed by atoms with van der Waals surface area (Å²) in [6.45, 7) is 0. The summed E-state index contributed by atoms with van der Waals surface area (Å²) >= 11 is 0. The molecule has 2 rings (SSSR count). The SMILES string of the molecule is OC[P]1(CO)C2CCCCC1CC2. The van der Waals surface area contributed by atoms with Crippen LogP contribution in [0.1, 0.15) is 38.5 Å². The number of hydrogen-bond donors (Lipinski definition) is 2.